The smallest absolute Gasteiger partial charge is 0.259 e. The molecule has 26 heavy (non-hydrogen) atoms. The number of amides is 1. The van der Waals surface area contributed by atoms with E-state index in [0.717, 1.165) is 11.1 Å². The van der Waals surface area contributed by atoms with Crippen molar-refractivity contribution < 1.29 is 9.53 Å². The topological polar surface area (TPSA) is 60.3 Å². The van der Waals surface area contributed by atoms with Gasteiger partial charge in [0.1, 0.15) is 11.8 Å². The van der Waals surface area contributed by atoms with Crippen LogP contribution in [0, 0.1) is 0 Å². The number of para-hydroxylation sites is 1. The first kappa shape index (κ1) is 17.7. The van der Waals surface area contributed by atoms with Crippen LogP contribution in [-0.4, -0.2) is 16.6 Å². The van der Waals surface area contributed by atoms with E-state index in [-0.39, 0.29) is 17.6 Å². The maximum atomic E-state index is 12.8. The highest BCUT2D eigenvalue weighted by atomic mass is 16.5. The van der Waals surface area contributed by atoms with Crippen molar-refractivity contribution in [1.29, 1.82) is 0 Å². The third-order valence-corrected chi connectivity index (χ3v) is 4.11. The summed E-state index contributed by atoms with van der Waals surface area (Å²) in [6.07, 6.45) is 1.72. The van der Waals surface area contributed by atoms with Gasteiger partial charge in [0.2, 0.25) is 5.91 Å². The molecule has 1 amide bonds. The molecule has 0 aliphatic carbocycles. The molecule has 1 N–H and O–H groups in total. The van der Waals surface area contributed by atoms with Crippen molar-refractivity contribution in [2.24, 2.45) is 0 Å². The monoisotopic (exact) mass is 350 g/mol. The van der Waals surface area contributed by atoms with E-state index in [9.17, 15) is 9.59 Å². The maximum absolute atomic E-state index is 12.8. The fourth-order valence-corrected chi connectivity index (χ4v) is 2.79. The van der Waals surface area contributed by atoms with Gasteiger partial charge in [0.15, 0.2) is 0 Å². The Balaban J connectivity index is 1.89. The van der Waals surface area contributed by atoms with E-state index in [0.29, 0.717) is 11.1 Å². The maximum Gasteiger partial charge on any atom is 0.259 e. The summed E-state index contributed by atoms with van der Waals surface area (Å²) in [7, 11) is 0. The minimum Gasteiger partial charge on any atom is -0.491 e. The number of pyridine rings is 1. The van der Waals surface area contributed by atoms with Gasteiger partial charge in [-0.25, -0.2) is 0 Å². The molecule has 2 aromatic carbocycles. The summed E-state index contributed by atoms with van der Waals surface area (Å²) in [6, 6.07) is 15.8. The van der Waals surface area contributed by atoms with Crippen molar-refractivity contribution in [2.45, 2.75) is 32.9 Å². The number of aromatic nitrogens is 1. The molecule has 5 nitrogen and oxygen atoms in total. The fraction of sp³-hybridized carbons (Fsp3) is 0.238. The first-order valence-corrected chi connectivity index (χ1v) is 8.63. The third kappa shape index (κ3) is 3.77. The van der Waals surface area contributed by atoms with Crippen LogP contribution in [0.5, 0.6) is 5.75 Å². The number of carbonyl (C=O) groups excluding carboxylic acids is 1. The Morgan fingerprint density at radius 2 is 1.77 bits per heavy atom. The number of nitrogens with zero attached hydrogens (tertiary/aromatic N) is 1. The highest BCUT2D eigenvalue weighted by Crippen LogP contribution is 2.20. The number of ether oxygens (including phenoxy) is 1. The molecule has 3 rings (SSSR count). The highest BCUT2D eigenvalue weighted by Gasteiger charge is 2.17. The predicted molar refractivity (Wildman–Crippen MR) is 104 cm³/mol. The summed E-state index contributed by atoms with van der Waals surface area (Å²) in [6.45, 7) is 5.62. The van der Waals surface area contributed by atoms with Crippen LogP contribution in [0.1, 0.15) is 26.8 Å². The van der Waals surface area contributed by atoms with Crippen molar-refractivity contribution in [3.63, 3.8) is 0 Å². The van der Waals surface area contributed by atoms with Crippen LogP contribution >= 0.6 is 0 Å². The van der Waals surface area contributed by atoms with Crippen LogP contribution in [0.15, 0.2) is 65.6 Å². The lowest BCUT2D eigenvalue weighted by Crippen LogP contribution is -2.31. The number of fused-ring (bicyclic) bond motifs is 1. The number of benzene rings is 2. The number of nitrogens with one attached hydrogen (secondary N) is 1. The summed E-state index contributed by atoms with van der Waals surface area (Å²) in [4.78, 5) is 25.3. The van der Waals surface area contributed by atoms with Gasteiger partial charge < -0.3 is 14.6 Å². The molecule has 0 radical (unpaired) electrons. The summed E-state index contributed by atoms with van der Waals surface area (Å²) in [5, 5.41) is 4.18. The second-order valence-electron chi connectivity index (χ2n) is 6.48. The Bertz CT molecular complexity index is 977. The van der Waals surface area contributed by atoms with E-state index in [1.165, 1.54) is 4.57 Å². The molecule has 0 aliphatic rings. The third-order valence-electron chi connectivity index (χ3n) is 4.11. The van der Waals surface area contributed by atoms with Crippen molar-refractivity contribution in [2.75, 3.05) is 5.32 Å². The van der Waals surface area contributed by atoms with Gasteiger partial charge in [-0.1, -0.05) is 18.2 Å². The molecule has 0 saturated heterocycles. The predicted octanol–water partition coefficient (Wildman–Crippen LogP) is 3.99. The van der Waals surface area contributed by atoms with Gasteiger partial charge in [-0.05, 0) is 62.6 Å². The molecule has 1 unspecified atom stereocenters. The van der Waals surface area contributed by atoms with Gasteiger partial charge in [0, 0.05) is 17.3 Å². The average Bonchev–Trinajstić information content (AvgIpc) is 2.62. The minimum atomic E-state index is -0.626. The zero-order chi connectivity index (χ0) is 18.7. The number of anilines is 1. The molecule has 0 aliphatic heterocycles. The van der Waals surface area contributed by atoms with Crippen LogP contribution in [0.25, 0.3) is 10.8 Å². The number of hydrogen-bond donors (Lipinski definition) is 1. The van der Waals surface area contributed by atoms with Gasteiger partial charge in [-0.2, -0.15) is 0 Å². The van der Waals surface area contributed by atoms with E-state index in [1.54, 1.807) is 25.3 Å². The number of rotatable bonds is 5. The molecule has 5 heteroatoms. The van der Waals surface area contributed by atoms with Crippen LogP contribution in [0.3, 0.4) is 0 Å². The van der Waals surface area contributed by atoms with Gasteiger partial charge in [0.25, 0.3) is 5.56 Å². The van der Waals surface area contributed by atoms with Gasteiger partial charge in [-0.3, -0.25) is 9.59 Å². The van der Waals surface area contributed by atoms with Crippen molar-refractivity contribution in [3.8, 4) is 5.75 Å². The summed E-state index contributed by atoms with van der Waals surface area (Å²) in [5.41, 5.74) is 0.503. The molecular weight excluding hydrogens is 328 g/mol. The van der Waals surface area contributed by atoms with E-state index in [1.807, 2.05) is 56.3 Å². The first-order chi connectivity index (χ1) is 12.5. The van der Waals surface area contributed by atoms with Gasteiger partial charge in [-0.15, -0.1) is 0 Å². The van der Waals surface area contributed by atoms with Crippen molar-refractivity contribution in [3.05, 3.63) is 71.1 Å². The van der Waals surface area contributed by atoms with E-state index in [4.69, 9.17) is 4.74 Å². The molecule has 0 spiro atoms. The molecule has 0 fully saturated rings. The lowest BCUT2D eigenvalue weighted by molar-refractivity contribution is -0.118. The van der Waals surface area contributed by atoms with Gasteiger partial charge in [0.05, 0.1) is 6.10 Å². The lowest BCUT2D eigenvalue weighted by atomic mass is 10.1. The standard InChI is InChI=1S/C21H22N2O3/c1-14(2)26-18-9-10-19-16(13-18)11-12-23(21(19)25)15(3)20(24)22-17-7-5-4-6-8-17/h4-15H,1-3H3,(H,22,24). The Hall–Kier alpha value is -3.08. The van der Waals surface area contributed by atoms with Crippen molar-refractivity contribution in [1.82, 2.24) is 4.57 Å². The Morgan fingerprint density at radius 3 is 2.46 bits per heavy atom. The number of hydrogen-bond acceptors (Lipinski definition) is 3. The first-order valence-electron chi connectivity index (χ1n) is 8.63. The minimum absolute atomic E-state index is 0.0644. The van der Waals surface area contributed by atoms with Crippen LogP contribution < -0.4 is 15.6 Å². The van der Waals surface area contributed by atoms with E-state index >= 15 is 0 Å². The van der Waals surface area contributed by atoms with E-state index < -0.39 is 6.04 Å². The summed E-state index contributed by atoms with van der Waals surface area (Å²) in [5.74, 6) is 0.483. The molecule has 0 bridgehead atoms. The largest absolute Gasteiger partial charge is 0.491 e. The number of carbonyl (C=O) groups is 1. The summed E-state index contributed by atoms with van der Waals surface area (Å²) >= 11 is 0. The summed E-state index contributed by atoms with van der Waals surface area (Å²) < 4.78 is 7.12. The Kier molecular flexibility index (Phi) is 5.07. The molecule has 3 aromatic rings. The molecule has 1 aromatic heterocycles. The van der Waals surface area contributed by atoms with Crippen LogP contribution in [0.4, 0.5) is 5.69 Å². The molecule has 1 heterocycles. The lowest BCUT2D eigenvalue weighted by Gasteiger charge is -2.16. The van der Waals surface area contributed by atoms with Gasteiger partial charge >= 0.3 is 0 Å². The van der Waals surface area contributed by atoms with Crippen LogP contribution in [-0.2, 0) is 4.79 Å². The molecule has 0 saturated carbocycles. The second-order valence-corrected chi connectivity index (χ2v) is 6.48. The normalized spacial score (nSPS) is 12.2. The van der Waals surface area contributed by atoms with Crippen molar-refractivity contribution >= 4 is 22.4 Å². The fourth-order valence-electron chi connectivity index (χ4n) is 2.79. The molecular formula is C21H22N2O3. The highest BCUT2D eigenvalue weighted by molar-refractivity contribution is 5.93. The zero-order valence-electron chi connectivity index (χ0n) is 15.1. The van der Waals surface area contributed by atoms with E-state index in [2.05, 4.69) is 5.32 Å². The molecule has 134 valence electrons. The zero-order valence-corrected chi connectivity index (χ0v) is 15.1. The van der Waals surface area contributed by atoms with Crippen LogP contribution in [0.2, 0.25) is 0 Å². The quantitative estimate of drug-likeness (QED) is 0.757. The SMILES string of the molecule is CC(C)Oc1ccc2c(=O)n(C(C)C(=O)Nc3ccccc3)ccc2c1. The second kappa shape index (κ2) is 7.44. The molecule has 1 atom stereocenters. The average molecular weight is 350 g/mol. The Morgan fingerprint density at radius 1 is 1.04 bits per heavy atom. The Labute approximate surface area is 152 Å².